The van der Waals surface area contributed by atoms with Crippen molar-refractivity contribution in [1.82, 2.24) is 9.55 Å². The number of aromatic nitrogens is 2. The van der Waals surface area contributed by atoms with Crippen LogP contribution >= 0.6 is 0 Å². The number of fused-ring (bicyclic) bond motifs is 1. The van der Waals surface area contributed by atoms with E-state index in [2.05, 4.69) is 23.4 Å². The van der Waals surface area contributed by atoms with Crippen LogP contribution in [-0.4, -0.2) is 15.8 Å². The molecule has 84 valence electrons. The summed E-state index contributed by atoms with van der Waals surface area (Å²) in [6.07, 6.45) is 5.70. The van der Waals surface area contributed by atoms with E-state index in [1.54, 1.807) is 6.20 Å². The zero-order chi connectivity index (χ0) is 11.5. The lowest BCUT2D eigenvalue weighted by Crippen LogP contribution is -2.05. The third-order valence-electron chi connectivity index (χ3n) is 3.00. The molecule has 16 heavy (non-hydrogen) atoms. The molecule has 0 aliphatic heterocycles. The van der Waals surface area contributed by atoms with Gasteiger partial charge in [-0.2, -0.15) is 0 Å². The van der Waals surface area contributed by atoms with Crippen LogP contribution in [0.1, 0.15) is 30.6 Å². The van der Waals surface area contributed by atoms with Crippen LogP contribution in [-0.2, 0) is 6.54 Å². The third kappa shape index (κ3) is 1.85. The van der Waals surface area contributed by atoms with E-state index < -0.39 is 0 Å². The predicted molar refractivity (Wildman–Crippen MR) is 64.6 cm³/mol. The SMILES string of the molecule is CCC(C)Cn1cc(C=O)c2cccnc21. The van der Waals surface area contributed by atoms with Crippen LogP contribution in [0.5, 0.6) is 0 Å². The zero-order valence-corrected chi connectivity index (χ0v) is 9.68. The summed E-state index contributed by atoms with van der Waals surface area (Å²) in [6, 6.07) is 3.81. The van der Waals surface area contributed by atoms with Crippen LogP contribution in [0.15, 0.2) is 24.5 Å². The summed E-state index contributed by atoms with van der Waals surface area (Å²) in [6.45, 7) is 5.29. The fraction of sp³-hybridized carbons (Fsp3) is 0.385. The monoisotopic (exact) mass is 216 g/mol. The maximum absolute atomic E-state index is 10.9. The van der Waals surface area contributed by atoms with Crippen LogP contribution in [0, 0.1) is 5.92 Å². The van der Waals surface area contributed by atoms with Gasteiger partial charge in [0.1, 0.15) is 5.65 Å². The maximum atomic E-state index is 10.9. The molecule has 2 rings (SSSR count). The first-order chi connectivity index (χ1) is 7.76. The summed E-state index contributed by atoms with van der Waals surface area (Å²) in [5, 5.41) is 0.945. The molecular formula is C13H16N2O. The first-order valence-electron chi connectivity index (χ1n) is 5.65. The van der Waals surface area contributed by atoms with Crippen molar-refractivity contribution in [2.45, 2.75) is 26.8 Å². The van der Waals surface area contributed by atoms with Gasteiger partial charge in [0.15, 0.2) is 6.29 Å². The van der Waals surface area contributed by atoms with Crippen LogP contribution in [0.2, 0.25) is 0 Å². The highest BCUT2D eigenvalue weighted by atomic mass is 16.1. The van der Waals surface area contributed by atoms with Crippen molar-refractivity contribution in [3.8, 4) is 0 Å². The minimum Gasteiger partial charge on any atom is -0.332 e. The Labute approximate surface area is 95.1 Å². The van der Waals surface area contributed by atoms with Crippen LogP contribution in [0.3, 0.4) is 0 Å². The van der Waals surface area contributed by atoms with E-state index in [0.29, 0.717) is 5.92 Å². The highest BCUT2D eigenvalue weighted by molar-refractivity contribution is 5.95. The summed E-state index contributed by atoms with van der Waals surface area (Å²) in [4.78, 5) is 15.3. The zero-order valence-electron chi connectivity index (χ0n) is 9.68. The summed E-state index contributed by atoms with van der Waals surface area (Å²) < 4.78 is 2.08. The number of hydrogen-bond acceptors (Lipinski definition) is 2. The molecule has 0 aliphatic rings. The van der Waals surface area contributed by atoms with Gasteiger partial charge in [-0.25, -0.2) is 4.98 Å². The van der Waals surface area contributed by atoms with Crippen molar-refractivity contribution in [2.75, 3.05) is 0 Å². The number of carbonyl (C=O) groups excluding carboxylic acids is 1. The first-order valence-corrected chi connectivity index (χ1v) is 5.65. The molecule has 0 bridgehead atoms. The van der Waals surface area contributed by atoms with Crippen molar-refractivity contribution in [3.63, 3.8) is 0 Å². The number of rotatable bonds is 4. The highest BCUT2D eigenvalue weighted by Crippen LogP contribution is 2.19. The topological polar surface area (TPSA) is 34.9 Å². The van der Waals surface area contributed by atoms with Gasteiger partial charge in [0.2, 0.25) is 0 Å². The van der Waals surface area contributed by atoms with Crippen molar-refractivity contribution >= 4 is 17.3 Å². The Kier molecular flexibility index (Phi) is 3.04. The van der Waals surface area contributed by atoms with E-state index in [9.17, 15) is 4.79 Å². The third-order valence-corrected chi connectivity index (χ3v) is 3.00. The fourth-order valence-electron chi connectivity index (χ4n) is 1.85. The van der Waals surface area contributed by atoms with E-state index in [4.69, 9.17) is 0 Å². The second-order valence-corrected chi connectivity index (χ2v) is 4.24. The average Bonchev–Trinajstić information content (AvgIpc) is 2.68. The van der Waals surface area contributed by atoms with Gasteiger partial charge in [0, 0.05) is 29.9 Å². The normalized spacial score (nSPS) is 12.9. The lowest BCUT2D eigenvalue weighted by molar-refractivity contribution is 0.112. The van der Waals surface area contributed by atoms with Gasteiger partial charge in [-0.1, -0.05) is 20.3 Å². The second kappa shape index (κ2) is 4.47. The van der Waals surface area contributed by atoms with E-state index >= 15 is 0 Å². The summed E-state index contributed by atoms with van der Waals surface area (Å²) in [7, 11) is 0. The summed E-state index contributed by atoms with van der Waals surface area (Å²) >= 11 is 0. The molecule has 0 aliphatic carbocycles. The average molecular weight is 216 g/mol. The molecule has 0 spiro atoms. The predicted octanol–water partition coefficient (Wildman–Crippen LogP) is 2.89. The second-order valence-electron chi connectivity index (χ2n) is 4.24. The van der Waals surface area contributed by atoms with Gasteiger partial charge in [-0.15, -0.1) is 0 Å². The van der Waals surface area contributed by atoms with E-state index in [1.165, 1.54) is 0 Å². The maximum Gasteiger partial charge on any atom is 0.152 e. The standard InChI is InChI=1S/C13H16N2O/c1-3-10(2)7-15-8-11(9-16)12-5-4-6-14-13(12)15/h4-6,8-10H,3,7H2,1-2H3. The molecule has 0 N–H and O–H groups in total. The van der Waals surface area contributed by atoms with Crippen molar-refractivity contribution in [3.05, 3.63) is 30.1 Å². The molecule has 3 nitrogen and oxygen atoms in total. The Hall–Kier alpha value is -1.64. The Balaban J connectivity index is 2.49. The molecule has 0 saturated heterocycles. The van der Waals surface area contributed by atoms with Gasteiger partial charge in [-0.3, -0.25) is 4.79 Å². The fourth-order valence-corrected chi connectivity index (χ4v) is 1.85. The van der Waals surface area contributed by atoms with Gasteiger partial charge in [-0.05, 0) is 18.1 Å². The molecule has 2 aromatic heterocycles. The van der Waals surface area contributed by atoms with Crippen molar-refractivity contribution < 1.29 is 4.79 Å². The lowest BCUT2D eigenvalue weighted by Gasteiger charge is -2.09. The molecule has 0 saturated carbocycles. The molecule has 1 unspecified atom stereocenters. The molecule has 3 heteroatoms. The van der Waals surface area contributed by atoms with Crippen LogP contribution in [0.25, 0.3) is 11.0 Å². The number of carbonyl (C=O) groups is 1. The molecule has 0 aromatic carbocycles. The largest absolute Gasteiger partial charge is 0.332 e. The molecule has 0 radical (unpaired) electrons. The number of aldehydes is 1. The molecule has 0 fully saturated rings. The molecule has 1 atom stereocenters. The lowest BCUT2D eigenvalue weighted by atomic mass is 10.1. The number of nitrogens with zero attached hydrogens (tertiary/aromatic N) is 2. The smallest absolute Gasteiger partial charge is 0.152 e. The quantitative estimate of drug-likeness (QED) is 0.736. The number of pyridine rings is 1. The summed E-state index contributed by atoms with van der Waals surface area (Å²) in [5.74, 6) is 0.595. The van der Waals surface area contributed by atoms with Crippen molar-refractivity contribution in [2.24, 2.45) is 5.92 Å². The first kappa shape index (κ1) is 10.9. The number of hydrogen-bond donors (Lipinski definition) is 0. The molecule has 0 amide bonds. The minimum absolute atomic E-state index is 0.595. The molecule has 2 heterocycles. The van der Waals surface area contributed by atoms with Crippen LogP contribution in [0.4, 0.5) is 0 Å². The van der Waals surface area contributed by atoms with Crippen molar-refractivity contribution in [1.29, 1.82) is 0 Å². The van der Waals surface area contributed by atoms with E-state index in [0.717, 1.165) is 35.8 Å². The van der Waals surface area contributed by atoms with E-state index in [-0.39, 0.29) is 0 Å². The highest BCUT2D eigenvalue weighted by Gasteiger charge is 2.09. The van der Waals surface area contributed by atoms with E-state index in [1.807, 2.05) is 18.3 Å². The van der Waals surface area contributed by atoms with Crippen LogP contribution < -0.4 is 0 Å². The van der Waals surface area contributed by atoms with Gasteiger partial charge in [0.05, 0.1) is 0 Å². The Bertz CT molecular complexity index is 502. The molecule has 2 aromatic rings. The minimum atomic E-state index is 0.595. The molecular weight excluding hydrogens is 200 g/mol. The Morgan fingerprint density at radius 3 is 3.06 bits per heavy atom. The van der Waals surface area contributed by atoms with Gasteiger partial charge in [0.25, 0.3) is 0 Å². The summed E-state index contributed by atoms with van der Waals surface area (Å²) in [5.41, 5.74) is 1.64. The van der Waals surface area contributed by atoms with Gasteiger partial charge < -0.3 is 4.57 Å². The van der Waals surface area contributed by atoms with Gasteiger partial charge >= 0.3 is 0 Å². The Morgan fingerprint density at radius 1 is 1.56 bits per heavy atom. The Morgan fingerprint density at radius 2 is 2.38 bits per heavy atom.